The molecule has 0 aliphatic heterocycles. The second-order valence-electron chi connectivity index (χ2n) is 3.40. The summed E-state index contributed by atoms with van der Waals surface area (Å²) in [5.41, 5.74) is 1.57. The third-order valence-corrected chi connectivity index (χ3v) is 3.11. The molecule has 0 aliphatic rings. The smallest absolute Gasteiger partial charge is 0.253 e. The molecule has 0 bridgehead atoms. The minimum Gasteiger partial charge on any atom is -0.345 e. The highest BCUT2D eigenvalue weighted by atomic mass is 32.1. The SMILES string of the molecule is CCc1csc(CNC(=O)c2ccnnc2)n1. The van der Waals surface area contributed by atoms with E-state index in [1.165, 1.54) is 12.4 Å². The van der Waals surface area contributed by atoms with E-state index in [0.717, 1.165) is 17.1 Å². The molecular formula is C11H12N4OS. The molecule has 2 aromatic rings. The van der Waals surface area contributed by atoms with Crippen LogP contribution in [0.25, 0.3) is 0 Å². The van der Waals surface area contributed by atoms with Gasteiger partial charge in [0.05, 0.1) is 30.2 Å². The molecule has 0 aliphatic carbocycles. The van der Waals surface area contributed by atoms with E-state index in [1.54, 1.807) is 17.4 Å². The summed E-state index contributed by atoms with van der Waals surface area (Å²) in [6.07, 6.45) is 3.85. The van der Waals surface area contributed by atoms with Crippen LogP contribution in [0.3, 0.4) is 0 Å². The van der Waals surface area contributed by atoms with E-state index in [-0.39, 0.29) is 5.91 Å². The van der Waals surface area contributed by atoms with Gasteiger partial charge in [0.15, 0.2) is 0 Å². The van der Waals surface area contributed by atoms with Crippen molar-refractivity contribution in [3.05, 3.63) is 40.1 Å². The zero-order valence-electron chi connectivity index (χ0n) is 9.38. The van der Waals surface area contributed by atoms with Gasteiger partial charge in [-0.3, -0.25) is 4.79 Å². The lowest BCUT2D eigenvalue weighted by atomic mass is 10.3. The fourth-order valence-corrected chi connectivity index (χ4v) is 2.09. The van der Waals surface area contributed by atoms with E-state index < -0.39 is 0 Å². The normalized spacial score (nSPS) is 10.2. The van der Waals surface area contributed by atoms with Crippen molar-refractivity contribution in [2.75, 3.05) is 0 Å². The molecule has 1 N–H and O–H groups in total. The van der Waals surface area contributed by atoms with E-state index in [4.69, 9.17) is 0 Å². The third-order valence-electron chi connectivity index (χ3n) is 2.21. The Labute approximate surface area is 103 Å². The molecule has 2 rings (SSSR count). The molecule has 0 spiro atoms. The summed E-state index contributed by atoms with van der Waals surface area (Å²) in [4.78, 5) is 16.1. The quantitative estimate of drug-likeness (QED) is 0.888. The first kappa shape index (κ1) is 11.7. The predicted octanol–water partition coefficient (Wildman–Crippen LogP) is 1.43. The maximum Gasteiger partial charge on any atom is 0.253 e. The van der Waals surface area contributed by atoms with Crippen molar-refractivity contribution >= 4 is 17.2 Å². The third kappa shape index (κ3) is 3.07. The van der Waals surface area contributed by atoms with E-state index in [1.807, 2.05) is 5.38 Å². The van der Waals surface area contributed by atoms with Gasteiger partial charge in [0.1, 0.15) is 5.01 Å². The fourth-order valence-electron chi connectivity index (χ4n) is 1.28. The summed E-state index contributed by atoms with van der Waals surface area (Å²) in [6, 6.07) is 1.63. The van der Waals surface area contributed by atoms with Crippen LogP contribution in [-0.2, 0) is 13.0 Å². The van der Waals surface area contributed by atoms with Crippen molar-refractivity contribution in [3.63, 3.8) is 0 Å². The number of amides is 1. The van der Waals surface area contributed by atoms with Gasteiger partial charge in [-0.25, -0.2) is 4.98 Å². The first-order valence-corrected chi connectivity index (χ1v) is 6.15. The van der Waals surface area contributed by atoms with Gasteiger partial charge >= 0.3 is 0 Å². The lowest BCUT2D eigenvalue weighted by molar-refractivity contribution is 0.0950. The Morgan fingerprint density at radius 3 is 3.00 bits per heavy atom. The number of aryl methyl sites for hydroxylation is 1. The molecule has 0 atom stereocenters. The van der Waals surface area contributed by atoms with Crippen molar-refractivity contribution < 1.29 is 4.79 Å². The number of nitrogens with zero attached hydrogens (tertiary/aromatic N) is 3. The van der Waals surface area contributed by atoms with Crippen LogP contribution in [0.4, 0.5) is 0 Å². The largest absolute Gasteiger partial charge is 0.345 e. The van der Waals surface area contributed by atoms with Gasteiger partial charge in [-0.2, -0.15) is 10.2 Å². The minimum absolute atomic E-state index is 0.159. The molecule has 0 saturated heterocycles. The molecular weight excluding hydrogens is 236 g/mol. The summed E-state index contributed by atoms with van der Waals surface area (Å²) in [7, 11) is 0. The van der Waals surface area contributed by atoms with Gasteiger partial charge in [0, 0.05) is 5.38 Å². The molecule has 0 unspecified atom stereocenters. The van der Waals surface area contributed by atoms with Crippen molar-refractivity contribution in [2.24, 2.45) is 0 Å². The molecule has 5 nitrogen and oxygen atoms in total. The number of aromatic nitrogens is 3. The van der Waals surface area contributed by atoms with Crippen molar-refractivity contribution in [1.29, 1.82) is 0 Å². The summed E-state index contributed by atoms with van der Waals surface area (Å²) < 4.78 is 0. The van der Waals surface area contributed by atoms with Crippen molar-refractivity contribution in [3.8, 4) is 0 Å². The summed E-state index contributed by atoms with van der Waals surface area (Å²) >= 11 is 1.56. The molecule has 0 radical (unpaired) electrons. The van der Waals surface area contributed by atoms with Crippen LogP contribution < -0.4 is 5.32 Å². The fraction of sp³-hybridized carbons (Fsp3) is 0.273. The van der Waals surface area contributed by atoms with E-state index in [2.05, 4.69) is 27.4 Å². The maximum absolute atomic E-state index is 11.7. The Bertz CT molecular complexity index is 497. The van der Waals surface area contributed by atoms with Gasteiger partial charge in [-0.15, -0.1) is 11.3 Å². The Hall–Kier alpha value is -1.82. The van der Waals surface area contributed by atoms with E-state index in [0.29, 0.717) is 12.1 Å². The average Bonchev–Trinajstić information content (AvgIpc) is 2.85. The van der Waals surface area contributed by atoms with Gasteiger partial charge in [-0.1, -0.05) is 6.92 Å². The molecule has 88 valence electrons. The van der Waals surface area contributed by atoms with Crippen molar-refractivity contribution in [2.45, 2.75) is 19.9 Å². The average molecular weight is 248 g/mol. The lowest BCUT2D eigenvalue weighted by Gasteiger charge is -2.01. The summed E-state index contributed by atoms with van der Waals surface area (Å²) in [5.74, 6) is -0.159. The standard InChI is InChI=1S/C11H12N4OS/c1-2-9-7-17-10(15-9)6-12-11(16)8-3-4-13-14-5-8/h3-5,7H,2,6H2,1H3,(H,12,16). The Balaban J connectivity index is 1.92. The van der Waals surface area contributed by atoms with Crippen molar-refractivity contribution in [1.82, 2.24) is 20.5 Å². The summed E-state index contributed by atoms with van der Waals surface area (Å²) in [5, 5.41) is 13.0. The lowest BCUT2D eigenvalue weighted by Crippen LogP contribution is -2.22. The second-order valence-corrected chi connectivity index (χ2v) is 4.34. The van der Waals surface area contributed by atoms with Crippen LogP contribution in [0.5, 0.6) is 0 Å². The number of nitrogens with one attached hydrogen (secondary N) is 1. The number of carbonyl (C=O) groups excluding carboxylic acids is 1. The monoisotopic (exact) mass is 248 g/mol. The molecule has 2 heterocycles. The number of thiazole rings is 1. The zero-order chi connectivity index (χ0) is 12.1. The Kier molecular flexibility index (Phi) is 3.77. The molecule has 0 aromatic carbocycles. The highest BCUT2D eigenvalue weighted by molar-refractivity contribution is 7.09. The Morgan fingerprint density at radius 2 is 2.35 bits per heavy atom. The first-order valence-electron chi connectivity index (χ1n) is 5.27. The van der Waals surface area contributed by atoms with Gasteiger partial charge in [-0.05, 0) is 12.5 Å². The molecule has 1 amide bonds. The van der Waals surface area contributed by atoms with Crippen LogP contribution in [0.2, 0.25) is 0 Å². The first-order chi connectivity index (χ1) is 8.29. The van der Waals surface area contributed by atoms with E-state index in [9.17, 15) is 4.79 Å². The molecule has 0 fully saturated rings. The van der Waals surface area contributed by atoms with Gasteiger partial charge < -0.3 is 5.32 Å². The highest BCUT2D eigenvalue weighted by Gasteiger charge is 2.06. The zero-order valence-corrected chi connectivity index (χ0v) is 10.2. The van der Waals surface area contributed by atoms with Crippen LogP contribution in [0.1, 0.15) is 28.0 Å². The molecule has 6 heteroatoms. The number of carbonyl (C=O) groups is 1. The van der Waals surface area contributed by atoms with Gasteiger partial charge in [0.2, 0.25) is 0 Å². The summed E-state index contributed by atoms with van der Waals surface area (Å²) in [6.45, 7) is 2.51. The number of rotatable bonds is 4. The molecule has 2 aromatic heterocycles. The predicted molar refractivity (Wildman–Crippen MR) is 64.7 cm³/mol. The minimum atomic E-state index is -0.159. The highest BCUT2D eigenvalue weighted by Crippen LogP contribution is 2.09. The van der Waals surface area contributed by atoms with Gasteiger partial charge in [0.25, 0.3) is 5.91 Å². The molecule has 17 heavy (non-hydrogen) atoms. The van der Waals surface area contributed by atoms with Crippen LogP contribution in [0.15, 0.2) is 23.8 Å². The topological polar surface area (TPSA) is 67.8 Å². The van der Waals surface area contributed by atoms with Crippen LogP contribution >= 0.6 is 11.3 Å². The van der Waals surface area contributed by atoms with Crippen LogP contribution in [0, 0.1) is 0 Å². The maximum atomic E-state index is 11.7. The number of hydrogen-bond acceptors (Lipinski definition) is 5. The van der Waals surface area contributed by atoms with Crippen LogP contribution in [-0.4, -0.2) is 21.1 Å². The number of hydrogen-bond donors (Lipinski definition) is 1. The van der Waals surface area contributed by atoms with E-state index >= 15 is 0 Å². The molecule has 0 saturated carbocycles. The Morgan fingerprint density at radius 1 is 1.47 bits per heavy atom. The second kappa shape index (κ2) is 5.49.